The molecule has 6 heteroatoms. The summed E-state index contributed by atoms with van der Waals surface area (Å²) in [5.41, 5.74) is 0.0881. The third-order valence-corrected chi connectivity index (χ3v) is 3.90. The first-order valence-corrected chi connectivity index (χ1v) is 6.67. The maximum atomic E-state index is 13.1. The second-order valence-corrected chi connectivity index (χ2v) is 5.25. The van der Waals surface area contributed by atoms with E-state index in [9.17, 15) is 14.5 Å². The lowest BCUT2D eigenvalue weighted by Crippen LogP contribution is -2.02. The number of nitrogens with one attached hydrogen (secondary N) is 1. The third-order valence-electron chi connectivity index (χ3n) is 2.67. The highest BCUT2D eigenvalue weighted by Gasteiger charge is 2.14. The maximum absolute atomic E-state index is 13.1. The van der Waals surface area contributed by atoms with E-state index in [1.165, 1.54) is 10.9 Å². The second kappa shape index (κ2) is 5.79. The Morgan fingerprint density at radius 1 is 1.32 bits per heavy atom. The van der Waals surface area contributed by atoms with Crippen LogP contribution in [0.25, 0.3) is 0 Å². The largest absolute Gasteiger partial charge is 0.375 e. The summed E-state index contributed by atoms with van der Waals surface area (Å²) < 4.78 is 13.1. The van der Waals surface area contributed by atoms with Gasteiger partial charge in [-0.3, -0.25) is 10.1 Å². The van der Waals surface area contributed by atoms with E-state index < -0.39 is 10.7 Å². The number of benzene rings is 1. The summed E-state index contributed by atoms with van der Waals surface area (Å²) in [6.07, 6.45) is 0.963. The predicted octanol–water partition coefficient (Wildman–Crippen LogP) is 3.97. The van der Waals surface area contributed by atoms with Crippen molar-refractivity contribution in [1.82, 2.24) is 0 Å². The Bertz CT molecular complexity index is 598. The molecule has 1 aromatic heterocycles. The molecule has 4 nitrogen and oxygen atoms in total. The second-order valence-electron chi connectivity index (χ2n) is 3.99. The van der Waals surface area contributed by atoms with Gasteiger partial charge in [-0.05, 0) is 24.6 Å². The van der Waals surface area contributed by atoms with E-state index in [-0.39, 0.29) is 11.4 Å². The van der Waals surface area contributed by atoms with Crippen molar-refractivity contribution in [2.24, 2.45) is 0 Å². The first kappa shape index (κ1) is 13.5. The van der Waals surface area contributed by atoms with Gasteiger partial charge in [-0.25, -0.2) is 4.39 Å². The molecule has 0 aliphatic carbocycles. The molecular formula is C13H13FN2O2S. The van der Waals surface area contributed by atoms with E-state index in [0.717, 1.165) is 23.4 Å². The lowest BCUT2D eigenvalue weighted by Gasteiger charge is -2.05. The molecule has 0 spiro atoms. The average molecular weight is 280 g/mol. The van der Waals surface area contributed by atoms with Crippen LogP contribution in [-0.2, 0) is 13.0 Å². The zero-order chi connectivity index (χ0) is 13.8. The molecule has 1 heterocycles. The number of halogens is 1. The molecule has 0 fully saturated rings. The van der Waals surface area contributed by atoms with E-state index >= 15 is 0 Å². The normalized spacial score (nSPS) is 10.4. The molecule has 2 aromatic rings. The van der Waals surface area contributed by atoms with Crippen molar-refractivity contribution >= 4 is 22.7 Å². The molecule has 0 atom stereocenters. The SMILES string of the molecule is CCc1ccc(CNc2cc(F)ccc2[N+](=O)[O-])s1. The van der Waals surface area contributed by atoms with Gasteiger partial charge < -0.3 is 5.32 Å². The highest BCUT2D eigenvalue weighted by Crippen LogP contribution is 2.26. The summed E-state index contributed by atoms with van der Waals surface area (Å²) in [7, 11) is 0. The standard InChI is InChI=1S/C13H13FN2O2S/c1-2-10-4-5-11(19-10)8-15-12-7-9(14)3-6-13(12)16(17)18/h3-7,15H,2,8H2,1H3. The van der Waals surface area contributed by atoms with Crippen LogP contribution in [0.5, 0.6) is 0 Å². The monoisotopic (exact) mass is 280 g/mol. The highest BCUT2D eigenvalue weighted by molar-refractivity contribution is 7.12. The van der Waals surface area contributed by atoms with Gasteiger partial charge in [0, 0.05) is 28.4 Å². The Balaban J connectivity index is 2.14. The van der Waals surface area contributed by atoms with Crippen molar-refractivity contribution in [3.05, 3.63) is 56.0 Å². The van der Waals surface area contributed by atoms with Gasteiger partial charge in [0.25, 0.3) is 5.69 Å². The van der Waals surface area contributed by atoms with Crippen molar-refractivity contribution in [2.75, 3.05) is 5.32 Å². The number of aryl methyl sites for hydroxylation is 1. The number of nitro benzene ring substituents is 1. The summed E-state index contributed by atoms with van der Waals surface area (Å²) in [4.78, 5) is 12.6. The zero-order valence-electron chi connectivity index (χ0n) is 10.4. The van der Waals surface area contributed by atoms with Crippen molar-refractivity contribution in [1.29, 1.82) is 0 Å². The molecule has 0 unspecified atom stereocenters. The number of nitrogens with zero attached hydrogens (tertiary/aromatic N) is 1. The average Bonchev–Trinajstić information content (AvgIpc) is 2.84. The van der Waals surface area contributed by atoms with Gasteiger partial charge in [-0.15, -0.1) is 11.3 Å². The molecule has 2 rings (SSSR count). The van der Waals surface area contributed by atoms with Crippen molar-refractivity contribution in [3.63, 3.8) is 0 Å². The van der Waals surface area contributed by atoms with Crippen LogP contribution >= 0.6 is 11.3 Å². The summed E-state index contributed by atoms with van der Waals surface area (Å²) >= 11 is 1.64. The number of nitro groups is 1. The minimum atomic E-state index is -0.520. The van der Waals surface area contributed by atoms with E-state index in [1.807, 2.05) is 12.1 Å². The number of thiophene rings is 1. The van der Waals surface area contributed by atoms with Crippen LogP contribution in [0.1, 0.15) is 16.7 Å². The Morgan fingerprint density at radius 2 is 2.05 bits per heavy atom. The Kier molecular flexibility index (Phi) is 4.11. The van der Waals surface area contributed by atoms with Crippen molar-refractivity contribution in [2.45, 2.75) is 19.9 Å². The topological polar surface area (TPSA) is 55.2 Å². The zero-order valence-corrected chi connectivity index (χ0v) is 11.2. The van der Waals surface area contributed by atoms with Crippen LogP contribution in [0.2, 0.25) is 0 Å². The van der Waals surface area contributed by atoms with Crippen LogP contribution < -0.4 is 5.32 Å². The van der Waals surface area contributed by atoms with Crippen LogP contribution in [-0.4, -0.2) is 4.92 Å². The molecule has 100 valence electrons. The van der Waals surface area contributed by atoms with E-state index in [4.69, 9.17) is 0 Å². The van der Waals surface area contributed by atoms with E-state index in [1.54, 1.807) is 11.3 Å². The molecule has 0 saturated heterocycles. The van der Waals surface area contributed by atoms with E-state index in [2.05, 4.69) is 12.2 Å². The summed E-state index contributed by atoms with van der Waals surface area (Å²) in [6.45, 7) is 2.52. The molecule has 19 heavy (non-hydrogen) atoms. The smallest absolute Gasteiger partial charge is 0.292 e. The fourth-order valence-electron chi connectivity index (χ4n) is 1.70. The van der Waals surface area contributed by atoms with Gasteiger partial charge in [0.1, 0.15) is 11.5 Å². The van der Waals surface area contributed by atoms with Crippen LogP contribution in [0, 0.1) is 15.9 Å². The molecule has 0 aliphatic rings. The molecule has 0 saturated carbocycles. The van der Waals surface area contributed by atoms with Crippen LogP contribution in [0.15, 0.2) is 30.3 Å². The van der Waals surface area contributed by atoms with Gasteiger partial charge >= 0.3 is 0 Å². The van der Waals surface area contributed by atoms with E-state index in [0.29, 0.717) is 6.54 Å². The molecule has 0 bridgehead atoms. The molecule has 1 N–H and O–H groups in total. The molecule has 0 amide bonds. The van der Waals surface area contributed by atoms with Gasteiger partial charge in [0.2, 0.25) is 0 Å². The summed E-state index contributed by atoms with van der Waals surface area (Å²) in [5.74, 6) is -0.492. The van der Waals surface area contributed by atoms with Gasteiger partial charge in [0.15, 0.2) is 0 Å². The summed E-state index contributed by atoms with van der Waals surface area (Å²) in [6, 6.07) is 7.41. The molecule has 0 radical (unpaired) electrons. The van der Waals surface area contributed by atoms with Crippen molar-refractivity contribution in [3.8, 4) is 0 Å². The Morgan fingerprint density at radius 3 is 2.68 bits per heavy atom. The number of rotatable bonds is 5. The Hall–Kier alpha value is -1.95. The predicted molar refractivity (Wildman–Crippen MR) is 74.1 cm³/mol. The minimum Gasteiger partial charge on any atom is -0.375 e. The summed E-state index contributed by atoms with van der Waals surface area (Å²) in [5, 5.41) is 13.8. The number of hydrogen-bond donors (Lipinski definition) is 1. The number of hydrogen-bond acceptors (Lipinski definition) is 4. The lowest BCUT2D eigenvalue weighted by molar-refractivity contribution is -0.384. The highest BCUT2D eigenvalue weighted by atomic mass is 32.1. The Labute approximate surface area is 114 Å². The first-order chi connectivity index (χ1) is 9.10. The minimum absolute atomic E-state index is 0.117. The molecule has 0 aliphatic heterocycles. The first-order valence-electron chi connectivity index (χ1n) is 5.85. The third kappa shape index (κ3) is 3.29. The van der Waals surface area contributed by atoms with Crippen molar-refractivity contribution < 1.29 is 9.31 Å². The number of anilines is 1. The maximum Gasteiger partial charge on any atom is 0.292 e. The quantitative estimate of drug-likeness (QED) is 0.666. The fourth-order valence-corrected chi connectivity index (χ4v) is 2.60. The van der Waals surface area contributed by atoms with Gasteiger partial charge in [-0.2, -0.15) is 0 Å². The molecule has 1 aromatic carbocycles. The van der Waals surface area contributed by atoms with Crippen LogP contribution in [0.4, 0.5) is 15.8 Å². The lowest BCUT2D eigenvalue weighted by atomic mass is 10.2. The molecular weight excluding hydrogens is 267 g/mol. The van der Waals surface area contributed by atoms with Crippen LogP contribution in [0.3, 0.4) is 0 Å². The van der Waals surface area contributed by atoms with Gasteiger partial charge in [0.05, 0.1) is 4.92 Å². The van der Waals surface area contributed by atoms with Gasteiger partial charge in [-0.1, -0.05) is 6.92 Å². The fraction of sp³-hybridized carbons (Fsp3) is 0.231.